The molecule has 0 saturated carbocycles. The van der Waals surface area contributed by atoms with Gasteiger partial charge in [0.25, 0.3) is 6.43 Å². The van der Waals surface area contributed by atoms with Crippen molar-refractivity contribution in [1.29, 1.82) is 0 Å². The van der Waals surface area contributed by atoms with E-state index < -0.39 is 12.5 Å². The zero-order chi connectivity index (χ0) is 14.6. The summed E-state index contributed by atoms with van der Waals surface area (Å²) in [6, 6.07) is 0. The number of alkyl halides is 3. The number of nitrogens with zero attached hydrogens (tertiary/aromatic N) is 2. The summed E-state index contributed by atoms with van der Waals surface area (Å²) < 4.78 is 31.6. The van der Waals surface area contributed by atoms with E-state index in [4.69, 9.17) is 4.74 Å². The van der Waals surface area contributed by atoms with Gasteiger partial charge in [-0.15, -0.1) is 0 Å². The van der Waals surface area contributed by atoms with Gasteiger partial charge in [-0.3, -0.25) is 0 Å². The Balaban J connectivity index is 3.21. The molecule has 19 heavy (non-hydrogen) atoms. The van der Waals surface area contributed by atoms with Crippen LogP contribution in [0.2, 0.25) is 0 Å². The Morgan fingerprint density at radius 3 is 2.42 bits per heavy atom. The van der Waals surface area contributed by atoms with E-state index in [-0.39, 0.29) is 11.1 Å². The van der Waals surface area contributed by atoms with Crippen molar-refractivity contribution in [2.24, 2.45) is 5.41 Å². The van der Waals surface area contributed by atoms with Crippen LogP contribution in [-0.2, 0) is 10.1 Å². The fourth-order valence-electron chi connectivity index (χ4n) is 1.73. The number of aromatic nitrogens is 2. The fourth-order valence-corrected chi connectivity index (χ4v) is 2.16. The Morgan fingerprint density at radius 2 is 2.00 bits per heavy atom. The lowest BCUT2D eigenvalue weighted by atomic mass is 9.88. The fraction of sp³-hybridized carbons (Fsp3) is 0.692. The first-order valence-corrected chi connectivity index (χ1v) is 7.24. The molecule has 0 amide bonds. The molecule has 108 valence electrons. The first kappa shape index (κ1) is 16.4. The van der Waals surface area contributed by atoms with Crippen LogP contribution in [0.4, 0.5) is 8.78 Å². The summed E-state index contributed by atoms with van der Waals surface area (Å²) in [6.45, 7) is 8.25. The smallest absolute Gasteiger partial charge is 0.280 e. The summed E-state index contributed by atoms with van der Waals surface area (Å²) >= 11 is 3.16. The SMILES string of the molecule is CCOC(c1ncc(CBr)c(C(F)F)n1)C(C)(C)C. The van der Waals surface area contributed by atoms with Crippen LogP contribution < -0.4 is 0 Å². The molecule has 0 spiro atoms. The molecule has 0 aliphatic rings. The molecule has 1 aromatic rings. The highest BCUT2D eigenvalue weighted by Gasteiger charge is 2.30. The molecule has 6 heteroatoms. The van der Waals surface area contributed by atoms with Crippen molar-refractivity contribution in [3.8, 4) is 0 Å². The van der Waals surface area contributed by atoms with Crippen molar-refractivity contribution >= 4 is 15.9 Å². The average Bonchev–Trinajstić information content (AvgIpc) is 2.33. The highest BCUT2D eigenvalue weighted by Crippen LogP contribution is 2.35. The van der Waals surface area contributed by atoms with Crippen molar-refractivity contribution in [3.05, 3.63) is 23.3 Å². The van der Waals surface area contributed by atoms with Crippen LogP contribution in [0.15, 0.2) is 6.20 Å². The molecule has 1 rings (SSSR count). The van der Waals surface area contributed by atoms with E-state index in [1.165, 1.54) is 6.20 Å². The molecule has 0 aliphatic heterocycles. The largest absolute Gasteiger partial charge is 0.370 e. The Kier molecular flexibility index (Phi) is 5.80. The molecule has 0 radical (unpaired) electrons. The second-order valence-corrected chi connectivity index (χ2v) is 5.84. The van der Waals surface area contributed by atoms with Crippen LogP contribution in [0.5, 0.6) is 0 Å². The van der Waals surface area contributed by atoms with Crippen molar-refractivity contribution < 1.29 is 13.5 Å². The highest BCUT2D eigenvalue weighted by molar-refractivity contribution is 9.08. The Labute approximate surface area is 120 Å². The van der Waals surface area contributed by atoms with Crippen molar-refractivity contribution in [2.75, 3.05) is 6.61 Å². The highest BCUT2D eigenvalue weighted by atomic mass is 79.9. The zero-order valence-electron chi connectivity index (χ0n) is 11.6. The minimum atomic E-state index is -2.61. The van der Waals surface area contributed by atoms with Crippen LogP contribution in [0.3, 0.4) is 0 Å². The molecule has 1 heterocycles. The second-order valence-electron chi connectivity index (χ2n) is 5.27. The molecule has 1 aromatic heterocycles. The van der Waals surface area contributed by atoms with Crippen LogP contribution in [0.25, 0.3) is 0 Å². The van der Waals surface area contributed by atoms with Crippen molar-refractivity contribution in [3.63, 3.8) is 0 Å². The topological polar surface area (TPSA) is 35.0 Å². The molecule has 0 saturated heterocycles. The maximum Gasteiger partial charge on any atom is 0.280 e. The summed E-state index contributed by atoms with van der Waals surface area (Å²) in [6.07, 6.45) is -1.58. The zero-order valence-corrected chi connectivity index (χ0v) is 13.2. The van der Waals surface area contributed by atoms with Crippen LogP contribution >= 0.6 is 15.9 Å². The lowest BCUT2D eigenvalue weighted by Crippen LogP contribution is -2.24. The number of halogens is 3. The number of rotatable bonds is 5. The molecule has 1 unspecified atom stereocenters. The third-order valence-corrected chi connectivity index (χ3v) is 3.23. The maximum atomic E-state index is 13.0. The van der Waals surface area contributed by atoms with Gasteiger partial charge in [0.05, 0.1) is 0 Å². The quantitative estimate of drug-likeness (QED) is 0.746. The van der Waals surface area contributed by atoms with Gasteiger partial charge >= 0.3 is 0 Å². The van der Waals surface area contributed by atoms with E-state index in [1.54, 1.807) is 0 Å². The van der Waals surface area contributed by atoms with Crippen LogP contribution in [0.1, 0.15) is 57.3 Å². The van der Waals surface area contributed by atoms with Gasteiger partial charge < -0.3 is 4.74 Å². The first-order valence-electron chi connectivity index (χ1n) is 6.12. The van der Waals surface area contributed by atoms with E-state index in [1.807, 2.05) is 27.7 Å². The minimum absolute atomic E-state index is 0.226. The molecule has 1 atom stereocenters. The van der Waals surface area contributed by atoms with Gasteiger partial charge in [0.1, 0.15) is 11.8 Å². The summed E-state index contributed by atoms with van der Waals surface area (Å²) in [5, 5.41) is 0.307. The lowest BCUT2D eigenvalue weighted by Gasteiger charge is -2.29. The summed E-state index contributed by atoms with van der Waals surface area (Å²) in [5.74, 6) is 0.314. The summed E-state index contributed by atoms with van der Waals surface area (Å²) in [7, 11) is 0. The molecular formula is C13H19BrF2N2O. The van der Waals surface area contributed by atoms with Gasteiger partial charge in [0, 0.05) is 23.7 Å². The van der Waals surface area contributed by atoms with Crippen LogP contribution in [-0.4, -0.2) is 16.6 Å². The Morgan fingerprint density at radius 1 is 1.37 bits per heavy atom. The summed E-state index contributed by atoms with van der Waals surface area (Å²) in [5.41, 5.74) is -0.0792. The molecule has 0 bridgehead atoms. The lowest BCUT2D eigenvalue weighted by molar-refractivity contribution is -0.0197. The monoisotopic (exact) mass is 336 g/mol. The standard InChI is InChI=1S/C13H19BrF2N2O/c1-5-19-10(13(2,3)4)12-17-7-8(6-14)9(18-12)11(15)16/h7,10-11H,5-6H2,1-4H3. The van der Waals surface area contributed by atoms with Gasteiger partial charge in [-0.25, -0.2) is 18.7 Å². The maximum absolute atomic E-state index is 13.0. The molecule has 0 aliphatic carbocycles. The molecule has 0 N–H and O–H groups in total. The molecule has 3 nitrogen and oxygen atoms in total. The second kappa shape index (κ2) is 6.70. The van der Waals surface area contributed by atoms with Crippen molar-refractivity contribution in [1.82, 2.24) is 9.97 Å². The van der Waals surface area contributed by atoms with E-state index in [9.17, 15) is 8.78 Å². The van der Waals surface area contributed by atoms with E-state index in [0.717, 1.165) is 0 Å². The molecule has 0 aromatic carbocycles. The van der Waals surface area contributed by atoms with Crippen molar-refractivity contribution in [2.45, 2.75) is 45.6 Å². The van der Waals surface area contributed by atoms with E-state index in [2.05, 4.69) is 25.9 Å². The number of ether oxygens (including phenoxy) is 1. The van der Waals surface area contributed by atoms with Gasteiger partial charge in [-0.05, 0) is 12.3 Å². The van der Waals surface area contributed by atoms with Gasteiger partial charge in [0.2, 0.25) is 0 Å². The number of hydrogen-bond acceptors (Lipinski definition) is 3. The summed E-state index contributed by atoms with van der Waals surface area (Å²) in [4.78, 5) is 8.19. The normalized spacial score (nSPS) is 13.9. The van der Waals surface area contributed by atoms with Gasteiger partial charge in [-0.2, -0.15) is 0 Å². The predicted molar refractivity (Wildman–Crippen MR) is 73.4 cm³/mol. The van der Waals surface area contributed by atoms with Crippen LogP contribution in [0, 0.1) is 5.41 Å². The Bertz CT molecular complexity index is 422. The molecular weight excluding hydrogens is 318 g/mol. The van der Waals surface area contributed by atoms with E-state index >= 15 is 0 Å². The minimum Gasteiger partial charge on any atom is -0.370 e. The number of hydrogen-bond donors (Lipinski definition) is 0. The third-order valence-electron chi connectivity index (χ3n) is 2.62. The predicted octanol–water partition coefficient (Wildman–Crippen LogP) is 4.43. The average molecular weight is 337 g/mol. The van der Waals surface area contributed by atoms with Gasteiger partial charge in [0.15, 0.2) is 5.82 Å². The van der Waals surface area contributed by atoms with E-state index in [0.29, 0.717) is 23.3 Å². The molecule has 0 fully saturated rings. The first-order chi connectivity index (χ1) is 8.81. The third kappa shape index (κ3) is 4.18. The van der Waals surface area contributed by atoms with Gasteiger partial charge in [-0.1, -0.05) is 36.7 Å². The Hall–Kier alpha value is -0.620.